The number of nitrogens with zero attached hydrogens (tertiary/aromatic N) is 1. The maximum absolute atomic E-state index is 12.7. The summed E-state index contributed by atoms with van der Waals surface area (Å²) < 4.78 is 0. The Kier molecular flexibility index (Phi) is 8.95. The summed E-state index contributed by atoms with van der Waals surface area (Å²) in [7, 11) is 0. The van der Waals surface area contributed by atoms with Gasteiger partial charge in [-0.25, -0.2) is 4.79 Å². The Morgan fingerprint density at radius 3 is 2.32 bits per heavy atom. The summed E-state index contributed by atoms with van der Waals surface area (Å²) in [6.45, 7) is -0.792. The maximum Gasteiger partial charge on any atom is 0.326 e. The van der Waals surface area contributed by atoms with E-state index in [0.29, 0.717) is 24.9 Å². The Labute approximate surface area is 179 Å². The molecule has 31 heavy (non-hydrogen) atoms. The van der Waals surface area contributed by atoms with Crippen LogP contribution in [-0.2, 0) is 25.6 Å². The number of carboxylic acid groups (broad SMARTS) is 2. The van der Waals surface area contributed by atoms with Gasteiger partial charge in [-0.05, 0) is 42.1 Å². The number of unbranched alkanes of at least 4 members (excludes halogenated alkanes) is 1. The van der Waals surface area contributed by atoms with Crippen LogP contribution in [0.5, 0.6) is 0 Å². The molecule has 2 rings (SSSR count). The van der Waals surface area contributed by atoms with E-state index in [2.05, 4.69) is 5.32 Å². The first kappa shape index (κ1) is 23.8. The predicted molar refractivity (Wildman–Crippen MR) is 114 cm³/mol. The van der Waals surface area contributed by atoms with Crippen LogP contribution in [0.2, 0.25) is 0 Å². The smallest absolute Gasteiger partial charge is 0.326 e. The van der Waals surface area contributed by atoms with Crippen molar-refractivity contribution in [3.05, 3.63) is 48.0 Å². The van der Waals surface area contributed by atoms with Crippen molar-refractivity contribution < 1.29 is 29.4 Å². The van der Waals surface area contributed by atoms with Crippen molar-refractivity contribution >= 4 is 34.5 Å². The molecule has 0 aromatic heterocycles. The molecule has 9 nitrogen and oxygen atoms in total. The quantitative estimate of drug-likeness (QED) is 0.368. The third kappa shape index (κ3) is 7.71. The third-order valence-corrected chi connectivity index (χ3v) is 4.76. The molecule has 9 heteroatoms. The van der Waals surface area contributed by atoms with Crippen molar-refractivity contribution in [3.8, 4) is 0 Å². The minimum absolute atomic E-state index is 0.0791. The van der Waals surface area contributed by atoms with E-state index < -0.39 is 42.9 Å². The number of aliphatic carboxylic acids is 2. The van der Waals surface area contributed by atoms with E-state index in [9.17, 15) is 24.3 Å². The summed E-state index contributed by atoms with van der Waals surface area (Å²) in [5.74, 6) is -3.73. The van der Waals surface area contributed by atoms with E-state index in [1.165, 1.54) is 0 Å². The summed E-state index contributed by atoms with van der Waals surface area (Å²) in [5, 5.41) is 22.7. The summed E-state index contributed by atoms with van der Waals surface area (Å²) in [4.78, 5) is 48.5. The SMILES string of the molecule is NCCCC[C@@H](NC(=O)CN(CC(=O)O)C(=O)Cc1ccc2ccccc2c1)C(=O)O. The van der Waals surface area contributed by atoms with Gasteiger partial charge in [-0.2, -0.15) is 0 Å². The Morgan fingerprint density at radius 1 is 0.968 bits per heavy atom. The monoisotopic (exact) mass is 429 g/mol. The molecule has 5 N–H and O–H groups in total. The third-order valence-electron chi connectivity index (χ3n) is 4.76. The fraction of sp³-hybridized carbons (Fsp3) is 0.364. The minimum atomic E-state index is -1.27. The largest absolute Gasteiger partial charge is 0.480 e. The Bertz CT molecular complexity index is 946. The number of hydrogen-bond donors (Lipinski definition) is 4. The van der Waals surface area contributed by atoms with E-state index in [4.69, 9.17) is 10.8 Å². The van der Waals surface area contributed by atoms with Crippen LogP contribution in [0.1, 0.15) is 24.8 Å². The van der Waals surface area contributed by atoms with Gasteiger partial charge in [0.05, 0.1) is 6.42 Å². The van der Waals surface area contributed by atoms with Crippen LogP contribution in [0.3, 0.4) is 0 Å². The van der Waals surface area contributed by atoms with Gasteiger partial charge in [0.15, 0.2) is 0 Å². The minimum Gasteiger partial charge on any atom is -0.480 e. The second kappa shape index (κ2) is 11.7. The lowest BCUT2D eigenvalue weighted by Gasteiger charge is -2.22. The number of carbonyl (C=O) groups excluding carboxylic acids is 2. The van der Waals surface area contributed by atoms with Gasteiger partial charge in [-0.3, -0.25) is 14.4 Å². The molecule has 0 aliphatic rings. The number of carbonyl (C=O) groups is 4. The molecule has 0 spiro atoms. The van der Waals surface area contributed by atoms with E-state index in [-0.39, 0.29) is 12.8 Å². The highest BCUT2D eigenvalue weighted by molar-refractivity contribution is 5.91. The molecule has 0 heterocycles. The zero-order valence-electron chi connectivity index (χ0n) is 17.1. The van der Waals surface area contributed by atoms with Crippen molar-refractivity contribution in [2.24, 2.45) is 5.73 Å². The lowest BCUT2D eigenvalue weighted by Crippen LogP contribution is -2.48. The first-order chi connectivity index (χ1) is 14.8. The Hall–Kier alpha value is -3.46. The summed E-state index contributed by atoms with van der Waals surface area (Å²) >= 11 is 0. The van der Waals surface area contributed by atoms with E-state index in [1.807, 2.05) is 36.4 Å². The second-order valence-corrected chi connectivity index (χ2v) is 7.24. The molecule has 1 atom stereocenters. The molecule has 0 saturated carbocycles. The number of nitrogens with two attached hydrogens (primary N) is 1. The predicted octanol–water partition coefficient (Wildman–Crippen LogP) is 0.994. The number of nitrogens with one attached hydrogen (secondary N) is 1. The van der Waals surface area contributed by atoms with Gasteiger partial charge in [0, 0.05) is 0 Å². The van der Waals surface area contributed by atoms with Crippen molar-refractivity contribution in [1.82, 2.24) is 10.2 Å². The number of amides is 2. The molecular weight excluding hydrogens is 402 g/mol. The molecule has 0 unspecified atom stereocenters. The molecule has 166 valence electrons. The van der Waals surface area contributed by atoms with Gasteiger partial charge >= 0.3 is 11.9 Å². The van der Waals surface area contributed by atoms with Crippen molar-refractivity contribution in [2.45, 2.75) is 31.7 Å². The van der Waals surface area contributed by atoms with Gasteiger partial charge in [-0.15, -0.1) is 0 Å². The lowest BCUT2D eigenvalue weighted by molar-refractivity contribution is -0.147. The van der Waals surface area contributed by atoms with Crippen LogP contribution in [0.25, 0.3) is 10.8 Å². The first-order valence-electron chi connectivity index (χ1n) is 9.99. The van der Waals surface area contributed by atoms with Gasteiger partial charge in [-0.1, -0.05) is 42.5 Å². The molecule has 0 bridgehead atoms. The Balaban J connectivity index is 2.04. The molecule has 0 aliphatic heterocycles. The maximum atomic E-state index is 12.7. The number of hydrogen-bond acceptors (Lipinski definition) is 5. The van der Waals surface area contributed by atoms with Crippen LogP contribution in [-0.4, -0.2) is 64.5 Å². The fourth-order valence-corrected chi connectivity index (χ4v) is 3.19. The van der Waals surface area contributed by atoms with Gasteiger partial charge < -0.3 is 26.2 Å². The lowest BCUT2D eigenvalue weighted by atomic mass is 10.0. The van der Waals surface area contributed by atoms with Crippen molar-refractivity contribution in [2.75, 3.05) is 19.6 Å². The van der Waals surface area contributed by atoms with Crippen LogP contribution >= 0.6 is 0 Å². The molecule has 0 aliphatic carbocycles. The van der Waals surface area contributed by atoms with E-state index >= 15 is 0 Å². The highest BCUT2D eigenvalue weighted by atomic mass is 16.4. The highest BCUT2D eigenvalue weighted by Gasteiger charge is 2.24. The molecule has 0 fully saturated rings. The van der Waals surface area contributed by atoms with Crippen molar-refractivity contribution in [1.29, 1.82) is 0 Å². The summed E-state index contributed by atoms with van der Waals surface area (Å²) in [5.41, 5.74) is 6.08. The molecule has 2 aromatic carbocycles. The number of rotatable bonds is 12. The highest BCUT2D eigenvalue weighted by Crippen LogP contribution is 2.16. The molecule has 0 radical (unpaired) electrons. The summed E-state index contributed by atoms with van der Waals surface area (Å²) in [6, 6.07) is 12.0. The average Bonchev–Trinajstić information content (AvgIpc) is 2.72. The number of carboxylic acids is 2. The second-order valence-electron chi connectivity index (χ2n) is 7.24. The van der Waals surface area contributed by atoms with Gasteiger partial charge in [0.2, 0.25) is 11.8 Å². The van der Waals surface area contributed by atoms with E-state index in [1.54, 1.807) is 6.07 Å². The van der Waals surface area contributed by atoms with Crippen molar-refractivity contribution in [3.63, 3.8) is 0 Å². The molecule has 2 amide bonds. The van der Waals surface area contributed by atoms with Crippen LogP contribution in [0, 0.1) is 0 Å². The van der Waals surface area contributed by atoms with Gasteiger partial charge in [0.1, 0.15) is 19.1 Å². The normalized spacial score (nSPS) is 11.6. The number of benzene rings is 2. The fourth-order valence-electron chi connectivity index (χ4n) is 3.19. The standard InChI is InChI=1S/C22H27N3O6/c23-10-4-3-7-18(22(30)31)24-19(26)13-25(14-21(28)29)20(27)12-15-8-9-16-5-1-2-6-17(16)11-15/h1-2,5-6,8-9,11,18H,3-4,7,10,12-14,23H2,(H,24,26)(H,28,29)(H,30,31)/t18-/m1/s1. The first-order valence-corrected chi connectivity index (χ1v) is 9.99. The van der Waals surface area contributed by atoms with Gasteiger partial charge in [0.25, 0.3) is 0 Å². The Morgan fingerprint density at radius 2 is 1.68 bits per heavy atom. The van der Waals surface area contributed by atoms with Crippen LogP contribution in [0.15, 0.2) is 42.5 Å². The number of fused-ring (bicyclic) bond motifs is 1. The summed E-state index contributed by atoms with van der Waals surface area (Å²) in [6.07, 6.45) is 1.26. The average molecular weight is 429 g/mol. The zero-order chi connectivity index (χ0) is 22.8. The van der Waals surface area contributed by atoms with Crippen LogP contribution < -0.4 is 11.1 Å². The molecule has 2 aromatic rings. The van der Waals surface area contributed by atoms with E-state index in [0.717, 1.165) is 15.7 Å². The molecular formula is C22H27N3O6. The zero-order valence-corrected chi connectivity index (χ0v) is 17.1. The van der Waals surface area contributed by atoms with Crippen LogP contribution in [0.4, 0.5) is 0 Å². The molecule has 0 saturated heterocycles. The topological polar surface area (TPSA) is 150 Å².